The highest BCUT2D eigenvalue weighted by atomic mass is 35.5. The third-order valence-corrected chi connectivity index (χ3v) is 5.13. The van der Waals surface area contributed by atoms with E-state index in [1.807, 2.05) is 19.0 Å². The Labute approximate surface area is 174 Å². The van der Waals surface area contributed by atoms with E-state index in [1.165, 1.54) is 4.90 Å². The van der Waals surface area contributed by atoms with Crippen LogP contribution in [0, 0.1) is 0 Å². The summed E-state index contributed by atoms with van der Waals surface area (Å²) in [7, 11) is 5.36. The number of methoxy groups -OCH3 is 1. The van der Waals surface area contributed by atoms with Crippen molar-refractivity contribution in [3.8, 4) is 5.75 Å². The fourth-order valence-electron chi connectivity index (χ4n) is 3.31. The molecule has 3 rings (SSSR count). The standard InChI is InChI=1S/C22H23ClN2O4/c1-24(2)12-13-25-19(14-6-10-17(29-3)11-7-14)18(21(27)22(25)28)20(26)15-4-8-16(23)9-5-15/h4-11,19,26H,12-13H2,1-3H3/t19-/m0/s1. The lowest BCUT2D eigenvalue weighted by Crippen LogP contribution is -2.35. The molecule has 7 heteroatoms. The molecular formula is C22H23ClN2O4. The van der Waals surface area contributed by atoms with Crippen LogP contribution >= 0.6 is 11.6 Å². The number of ether oxygens (including phenoxy) is 1. The molecule has 1 amide bonds. The van der Waals surface area contributed by atoms with E-state index in [4.69, 9.17) is 16.3 Å². The molecule has 2 aromatic rings. The number of amides is 1. The number of carbonyl (C=O) groups excluding carboxylic acids is 2. The maximum absolute atomic E-state index is 12.9. The van der Waals surface area contributed by atoms with E-state index in [1.54, 1.807) is 55.6 Å². The second-order valence-corrected chi connectivity index (χ2v) is 7.51. The first-order chi connectivity index (χ1) is 13.8. The number of benzene rings is 2. The number of nitrogens with zero attached hydrogens (tertiary/aromatic N) is 2. The van der Waals surface area contributed by atoms with E-state index < -0.39 is 17.7 Å². The average Bonchev–Trinajstić information content (AvgIpc) is 2.97. The van der Waals surface area contributed by atoms with Crippen molar-refractivity contribution in [1.29, 1.82) is 0 Å². The molecule has 1 heterocycles. The molecule has 1 atom stereocenters. The smallest absolute Gasteiger partial charge is 0.295 e. The summed E-state index contributed by atoms with van der Waals surface area (Å²) < 4.78 is 5.21. The van der Waals surface area contributed by atoms with Crippen LogP contribution in [0.4, 0.5) is 0 Å². The lowest BCUT2D eigenvalue weighted by atomic mass is 9.95. The van der Waals surface area contributed by atoms with Crippen LogP contribution in [-0.4, -0.2) is 60.9 Å². The lowest BCUT2D eigenvalue weighted by Gasteiger charge is -2.26. The highest BCUT2D eigenvalue weighted by molar-refractivity contribution is 6.46. The Morgan fingerprint density at radius 1 is 1.10 bits per heavy atom. The molecule has 29 heavy (non-hydrogen) atoms. The van der Waals surface area contributed by atoms with E-state index in [0.717, 1.165) is 5.56 Å². The largest absolute Gasteiger partial charge is 0.507 e. The summed E-state index contributed by atoms with van der Waals surface area (Å²) in [5, 5.41) is 11.4. The van der Waals surface area contributed by atoms with Gasteiger partial charge in [0, 0.05) is 23.7 Å². The van der Waals surface area contributed by atoms with Crippen LogP contribution in [0.5, 0.6) is 5.75 Å². The van der Waals surface area contributed by atoms with E-state index in [9.17, 15) is 14.7 Å². The van der Waals surface area contributed by atoms with Crippen molar-refractivity contribution in [2.75, 3.05) is 34.3 Å². The van der Waals surface area contributed by atoms with E-state index in [-0.39, 0.29) is 11.3 Å². The maximum atomic E-state index is 12.9. The number of aliphatic hydroxyl groups is 1. The first-order valence-corrected chi connectivity index (χ1v) is 9.54. The number of rotatable bonds is 6. The van der Waals surface area contributed by atoms with E-state index in [0.29, 0.717) is 29.4 Å². The van der Waals surface area contributed by atoms with Gasteiger partial charge in [0.15, 0.2) is 0 Å². The van der Waals surface area contributed by atoms with E-state index in [2.05, 4.69) is 0 Å². The molecule has 0 aromatic heterocycles. The third-order valence-electron chi connectivity index (χ3n) is 4.88. The normalized spacial score (nSPS) is 18.5. The molecule has 152 valence electrons. The zero-order valence-corrected chi connectivity index (χ0v) is 17.3. The first kappa shape index (κ1) is 20.9. The fourth-order valence-corrected chi connectivity index (χ4v) is 3.44. The average molecular weight is 415 g/mol. The van der Waals surface area contributed by atoms with Gasteiger partial charge in [-0.05, 0) is 56.1 Å². The van der Waals surface area contributed by atoms with Gasteiger partial charge in [0.2, 0.25) is 0 Å². The lowest BCUT2D eigenvalue weighted by molar-refractivity contribution is -0.140. The predicted octanol–water partition coefficient (Wildman–Crippen LogP) is 3.33. The van der Waals surface area contributed by atoms with Crippen LogP contribution in [0.2, 0.25) is 5.02 Å². The Bertz CT molecular complexity index is 936. The molecule has 0 radical (unpaired) electrons. The molecule has 0 unspecified atom stereocenters. The van der Waals surface area contributed by atoms with E-state index >= 15 is 0 Å². The van der Waals surface area contributed by atoms with Gasteiger partial charge in [0.05, 0.1) is 18.7 Å². The number of likely N-dealkylation sites (N-methyl/N-ethyl adjacent to an activating group) is 1. The predicted molar refractivity (Wildman–Crippen MR) is 112 cm³/mol. The van der Waals surface area contributed by atoms with Crippen LogP contribution < -0.4 is 4.74 Å². The fraction of sp³-hybridized carbons (Fsp3) is 0.273. The molecule has 1 fully saturated rings. The van der Waals surface area contributed by atoms with Crippen LogP contribution in [-0.2, 0) is 9.59 Å². The monoisotopic (exact) mass is 414 g/mol. The highest BCUT2D eigenvalue weighted by Crippen LogP contribution is 2.39. The summed E-state index contributed by atoms with van der Waals surface area (Å²) in [4.78, 5) is 29.1. The highest BCUT2D eigenvalue weighted by Gasteiger charge is 2.45. The summed E-state index contributed by atoms with van der Waals surface area (Å²) in [5.74, 6) is -0.870. The second-order valence-electron chi connectivity index (χ2n) is 7.08. The SMILES string of the molecule is COc1ccc([C@H]2C(=C(O)c3ccc(Cl)cc3)C(=O)C(=O)N2CCN(C)C)cc1. The van der Waals surface area contributed by atoms with Gasteiger partial charge < -0.3 is 19.6 Å². The molecule has 6 nitrogen and oxygen atoms in total. The second kappa shape index (κ2) is 8.68. The van der Waals surface area contributed by atoms with Crippen LogP contribution in [0.25, 0.3) is 5.76 Å². The number of hydrogen-bond donors (Lipinski definition) is 1. The van der Waals surface area contributed by atoms with Crippen molar-refractivity contribution < 1.29 is 19.4 Å². The zero-order chi connectivity index (χ0) is 21.1. The zero-order valence-electron chi connectivity index (χ0n) is 16.6. The molecule has 0 aliphatic carbocycles. The van der Waals surface area contributed by atoms with Crippen LogP contribution in [0.3, 0.4) is 0 Å². The number of likely N-dealkylation sites (tertiary alicyclic amines) is 1. The number of Topliss-reactive ketones (excluding diaryl/α,β-unsaturated/α-hetero) is 1. The molecular weight excluding hydrogens is 392 g/mol. The number of hydrogen-bond acceptors (Lipinski definition) is 5. The summed E-state index contributed by atoms with van der Waals surface area (Å²) in [6, 6.07) is 12.9. The topological polar surface area (TPSA) is 70.1 Å². The third kappa shape index (κ3) is 4.28. The number of halogens is 1. The molecule has 0 saturated carbocycles. The van der Waals surface area contributed by atoms with Gasteiger partial charge in [-0.3, -0.25) is 9.59 Å². The minimum atomic E-state index is -0.697. The van der Waals surface area contributed by atoms with Gasteiger partial charge in [-0.2, -0.15) is 0 Å². The van der Waals surface area contributed by atoms with Gasteiger partial charge in [0.25, 0.3) is 11.7 Å². The van der Waals surface area contributed by atoms with Crippen LogP contribution in [0.1, 0.15) is 17.2 Å². The molecule has 1 aliphatic rings. The Balaban J connectivity index is 2.12. The summed E-state index contributed by atoms with van der Waals surface area (Å²) in [6.07, 6.45) is 0. The van der Waals surface area contributed by atoms with Gasteiger partial charge in [-0.15, -0.1) is 0 Å². The van der Waals surface area contributed by atoms with Gasteiger partial charge >= 0.3 is 0 Å². The Kier molecular flexibility index (Phi) is 6.25. The molecule has 1 N–H and O–H groups in total. The van der Waals surface area contributed by atoms with Crippen molar-refractivity contribution in [1.82, 2.24) is 9.80 Å². The van der Waals surface area contributed by atoms with Crippen molar-refractivity contribution >= 4 is 29.1 Å². The summed E-state index contributed by atoms with van der Waals surface area (Å²) >= 11 is 5.93. The van der Waals surface area contributed by atoms with Gasteiger partial charge in [-0.1, -0.05) is 23.7 Å². The number of ketones is 1. The molecule has 1 saturated heterocycles. The quantitative estimate of drug-likeness (QED) is 0.446. The first-order valence-electron chi connectivity index (χ1n) is 9.16. The van der Waals surface area contributed by atoms with Crippen molar-refractivity contribution in [2.24, 2.45) is 0 Å². The Morgan fingerprint density at radius 2 is 1.72 bits per heavy atom. The van der Waals surface area contributed by atoms with Crippen LogP contribution in [0.15, 0.2) is 54.1 Å². The number of carbonyl (C=O) groups is 2. The van der Waals surface area contributed by atoms with Gasteiger partial charge in [-0.25, -0.2) is 0 Å². The minimum Gasteiger partial charge on any atom is -0.507 e. The molecule has 0 spiro atoms. The van der Waals surface area contributed by atoms with Crippen molar-refractivity contribution in [2.45, 2.75) is 6.04 Å². The van der Waals surface area contributed by atoms with Crippen molar-refractivity contribution in [3.63, 3.8) is 0 Å². The number of aliphatic hydroxyl groups excluding tert-OH is 1. The molecule has 2 aromatic carbocycles. The Hall–Kier alpha value is -2.83. The minimum absolute atomic E-state index is 0.0706. The molecule has 1 aliphatic heterocycles. The summed E-state index contributed by atoms with van der Waals surface area (Å²) in [5.41, 5.74) is 1.22. The maximum Gasteiger partial charge on any atom is 0.295 e. The summed E-state index contributed by atoms with van der Waals surface area (Å²) in [6.45, 7) is 0.937. The molecule has 0 bridgehead atoms. The Morgan fingerprint density at radius 3 is 2.28 bits per heavy atom. The van der Waals surface area contributed by atoms with Crippen molar-refractivity contribution in [3.05, 3.63) is 70.3 Å². The van der Waals surface area contributed by atoms with Gasteiger partial charge in [0.1, 0.15) is 11.5 Å².